The lowest BCUT2D eigenvalue weighted by molar-refractivity contribution is -0.143. The molecule has 10 N–H and O–H groups in total. The molecule has 0 aliphatic heterocycles. The van der Waals surface area contributed by atoms with Gasteiger partial charge in [-0.2, -0.15) is 0 Å². The lowest BCUT2D eigenvalue weighted by atomic mass is 10.1. The molecule has 0 bridgehead atoms. The van der Waals surface area contributed by atoms with Gasteiger partial charge in [-0.3, -0.25) is 63.9 Å². The molecule has 0 spiro atoms. The number of nitrogens with one attached hydrogen (secondary N) is 3. The number of benzene rings is 2. The standard InChI is InChI=1S/C32H43N7O11.CH2O2/c33-25(11-8-22-4-2-1-3-5-22)32(50)36-35-31(49)24-9-6-23(7-10-24)16-34-26(40)17-37(12-14-38(18-27(41)42)19-28(43)44)13-15-39(20-29(45)46)21-30(47)48;2-1-3/h1-7,9-10,25H,8,11-21,33H2,(H,34,40)(H,35,49)(H,36,50)(H,41,42)(H,43,44)(H,45,46)(H,47,48);1H,(H,2,3)/t25-;/m1./s1. The van der Waals surface area contributed by atoms with Crippen molar-refractivity contribution in [1.82, 2.24) is 30.9 Å². The van der Waals surface area contributed by atoms with Crippen molar-refractivity contribution in [3.05, 3.63) is 71.3 Å². The summed E-state index contributed by atoms with van der Waals surface area (Å²) in [4.78, 5) is 94.6. The van der Waals surface area contributed by atoms with Crippen LogP contribution in [0.15, 0.2) is 54.6 Å². The van der Waals surface area contributed by atoms with E-state index >= 15 is 0 Å². The van der Waals surface area contributed by atoms with E-state index in [9.17, 15) is 33.6 Å². The van der Waals surface area contributed by atoms with Crippen LogP contribution in [-0.2, 0) is 46.5 Å². The van der Waals surface area contributed by atoms with E-state index in [2.05, 4.69) is 16.2 Å². The highest BCUT2D eigenvalue weighted by Gasteiger charge is 2.20. The number of nitrogens with two attached hydrogens (primary N) is 1. The molecule has 2 rings (SSSR count). The third kappa shape index (κ3) is 21.1. The Bertz CT molecular complexity index is 1440. The van der Waals surface area contributed by atoms with Gasteiger partial charge in [-0.15, -0.1) is 0 Å². The van der Waals surface area contributed by atoms with Crippen molar-refractivity contribution in [2.75, 3.05) is 58.9 Å². The molecule has 0 aromatic heterocycles. The summed E-state index contributed by atoms with van der Waals surface area (Å²) in [5, 5.41) is 46.1. The minimum absolute atomic E-state index is 0.0141. The highest BCUT2D eigenvalue weighted by Crippen LogP contribution is 2.06. The second-order valence-corrected chi connectivity index (χ2v) is 11.4. The molecule has 0 saturated heterocycles. The maximum atomic E-state index is 12.9. The summed E-state index contributed by atoms with van der Waals surface area (Å²) in [6.45, 7) is -2.83. The number of carboxylic acids is 4. The van der Waals surface area contributed by atoms with E-state index < -0.39 is 73.8 Å². The lowest BCUT2D eigenvalue weighted by Gasteiger charge is -2.28. The van der Waals surface area contributed by atoms with E-state index in [4.69, 9.17) is 36.1 Å². The highest BCUT2D eigenvalue weighted by atomic mass is 16.4. The zero-order valence-electron chi connectivity index (χ0n) is 28.8. The molecule has 53 heavy (non-hydrogen) atoms. The Balaban J connectivity index is 0.00000452. The predicted molar refractivity (Wildman–Crippen MR) is 185 cm³/mol. The molecule has 0 unspecified atom stereocenters. The van der Waals surface area contributed by atoms with E-state index in [1.807, 2.05) is 30.3 Å². The van der Waals surface area contributed by atoms with E-state index in [-0.39, 0.29) is 51.3 Å². The Kier molecular flexibility index (Phi) is 21.3. The van der Waals surface area contributed by atoms with Crippen LogP contribution in [0.3, 0.4) is 0 Å². The number of aliphatic carboxylic acids is 4. The number of carboxylic acid groups (broad SMARTS) is 5. The molecule has 2 aromatic carbocycles. The van der Waals surface area contributed by atoms with Crippen molar-refractivity contribution in [2.45, 2.75) is 25.4 Å². The van der Waals surface area contributed by atoms with Crippen LogP contribution >= 0.6 is 0 Å². The number of nitrogens with zero attached hydrogens (tertiary/aromatic N) is 3. The van der Waals surface area contributed by atoms with Gasteiger partial charge in [0.15, 0.2) is 0 Å². The maximum Gasteiger partial charge on any atom is 0.317 e. The summed E-state index contributed by atoms with van der Waals surface area (Å²) in [6.07, 6.45) is 0.974. The molecule has 0 fully saturated rings. The summed E-state index contributed by atoms with van der Waals surface area (Å²) in [6, 6.07) is 14.8. The van der Waals surface area contributed by atoms with Gasteiger partial charge in [-0.05, 0) is 36.1 Å². The summed E-state index contributed by atoms with van der Waals surface area (Å²) in [7, 11) is 0. The molecule has 2 aromatic rings. The summed E-state index contributed by atoms with van der Waals surface area (Å²) >= 11 is 0. The molecule has 20 nitrogen and oxygen atoms in total. The van der Waals surface area contributed by atoms with Gasteiger partial charge in [0.05, 0.1) is 38.8 Å². The van der Waals surface area contributed by atoms with Gasteiger partial charge in [0.25, 0.3) is 18.3 Å². The molecular formula is C33H45N7O13. The predicted octanol–water partition coefficient (Wildman–Crippen LogP) is -2.03. The number of aryl methyl sites for hydroxylation is 1. The van der Waals surface area contributed by atoms with Crippen molar-refractivity contribution in [3.8, 4) is 0 Å². The third-order valence-electron chi connectivity index (χ3n) is 7.20. The average molecular weight is 748 g/mol. The van der Waals surface area contributed by atoms with Gasteiger partial charge in [0.2, 0.25) is 5.91 Å². The van der Waals surface area contributed by atoms with Gasteiger partial charge in [-0.1, -0.05) is 42.5 Å². The van der Waals surface area contributed by atoms with Crippen LogP contribution in [0.2, 0.25) is 0 Å². The second kappa shape index (κ2) is 25.1. The fourth-order valence-corrected chi connectivity index (χ4v) is 4.64. The minimum atomic E-state index is -1.25. The van der Waals surface area contributed by atoms with Crippen LogP contribution in [0.5, 0.6) is 0 Å². The number of carbonyl (C=O) groups excluding carboxylic acids is 3. The monoisotopic (exact) mass is 747 g/mol. The largest absolute Gasteiger partial charge is 0.483 e. The summed E-state index contributed by atoms with van der Waals surface area (Å²) in [5.74, 6) is -6.62. The lowest BCUT2D eigenvalue weighted by Crippen LogP contribution is -2.49. The first-order chi connectivity index (χ1) is 25.1. The van der Waals surface area contributed by atoms with E-state index in [0.717, 1.165) is 15.4 Å². The van der Waals surface area contributed by atoms with E-state index in [1.54, 1.807) is 12.1 Å². The molecule has 1 atom stereocenters. The fourth-order valence-electron chi connectivity index (χ4n) is 4.64. The van der Waals surface area contributed by atoms with Crippen LogP contribution in [-0.4, -0.2) is 153 Å². The Morgan fingerprint density at radius 1 is 0.642 bits per heavy atom. The van der Waals surface area contributed by atoms with Crippen molar-refractivity contribution in [3.63, 3.8) is 0 Å². The first kappa shape index (κ1) is 45.1. The van der Waals surface area contributed by atoms with Crippen molar-refractivity contribution in [2.24, 2.45) is 5.73 Å². The van der Waals surface area contributed by atoms with E-state index in [0.29, 0.717) is 18.4 Å². The van der Waals surface area contributed by atoms with Crippen molar-refractivity contribution in [1.29, 1.82) is 0 Å². The maximum absolute atomic E-state index is 12.9. The number of hydrogen-bond donors (Lipinski definition) is 9. The normalized spacial score (nSPS) is 11.2. The van der Waals surface area contributed by atoms with Gasteiger partial charge in [-0.25, -0.2) is 0 Å². The van der Waals surface area contributed by atoms with Crippen LogP contribution in [0.4, 0.5) is 0 Å². The molecule has 0 heterocycles. The van der Waals surface area contributed by atoms with Crippen LogP contribution in [0, 0.1) is 0 Å². The van der Waals surface area contributed by atoms with Crippen molar-refractivity contribution < 1.29 is 63.9 Å². The Labute approximate surface area is 304 Å². The summed E-state index contributed by atoms with van der Waals surface area (Å²) < 4.78 is 0. The fraction of sp³-hybridized carbons (Fsp3) is 0.394. The quantitative estimate of drug-likeness (QED) is 0.0437. The van der Waals surface area contributed by atoms with Crippen molar-refractivity contribution >= 4 is 48.1 Å². The van der Waals surface area contributed by atoms with Gasteiger partial charge < -0.3 is 36.6 Å². The molecule has 3 amide bonds. The first-order valence-corrected chi connectivity index (χ1v) is 16.0. The third-order valence-corrected chi connectivity index (χ3v) is 7.20. The number of amides is 3. The molecular weight excluding hydrogens is 702 g/mol. The smallest absolute Gasteiger partial charge is 0.317 e. The Morgan fingerprint density at radius 3 is 1.55 bits per heavy atom. The number of hydrazine groups is 1. The molecule has 20 heteroatoms. The molecule has 0 saturated carbocycles. The SMILES string of the molecule is N[C@H](CCc1ccccc1)C(=O)NNC(=O)c1ccc(CNC(=O)CN(CCN(CC(=O)O)CC(=O)O)CCN(CC(=O)O)CC(=O)O)cc1.O=CO. The highest BCUT2D eigenvalue weighted by molar-refractivity contribution is 5.95. The van der Waals surface area contributed by atoms with Gasteiger partial charge >= 0.3 is 23.9 Å². The Morgan fingerprint density at radius 2 is 1.09 bits per heavy atom. The van der Waals surface area contributed by atoms with E-state index in [1.165, 1.54) is 17.0 Å². The van der Waals surface area contributed by atoms with Crippen LogP contribution in [0.25, 0.3) is 0 Å². The molecule has 0 aliphatic carbocycles. The zero-order valence-corrected chi connectivity index (χ0v) is 28.8. The first-order valence-electron chi connectivity index (χ1n) is 16.0. The number of carbonyl (C=O) groups is 8. The second-order valence-electron chi connectivity index (χ2n) is 11.4. The zero-order chi connectivity index (χ0) is 39.8. The van der Waals surface area contributed by atoms with Crippen LogP contribution < -0.4 is 21.9 Å². The minimum Gasteiger partial charge on any atom is -0.483 e. The number of hydrogen-bond acceptors (Lipinski definition) is 12. The Hall–Kier alpha value is -5.96. The topological polar surface area (TPSA) is 310 Å². The van der Waals surface area contributed by atoms with Crippen LogP contribution in [0.1, 0.15) is 27.9 Å². The van der Waals surface area contributed by atoms with Gasteiger partial charge in [0, 0.05) is 38.3 Å². The molecule has 290 valence electrons. The molecule has 0 aliphatic rings. The molecule has 0 radical (unpaired) electrons. The van der Waals surface area contributed by atoms with Gasteiger partial charge in [0.1, 0.15) is 0 Å². The number of rotatable bonds is 23. The average Bonchev–Trinajstić information content (AvgIpc) is 3.09. The summed E-state index contributed by atoms with van der Waals surface area (Å²) in [5.41, 5.74) is 12.4.